The number of rotatable bonds is 2. The normalized spacial score (nSPS) is 10.5. The Kier molecular flexibility index (Phi) is 2.78. The first-order chi connectivity index (χ1) is 6.07. The first-order valence-corrected chi connectivity index (χ1v) is 4.43. The maximum absolute atomic E-state index is 5.89. The molecule has 0 saturated carbocycles. The predicted molar refractivity (Wildman–Crippen MR) is 57.5 cm³/mol. The number of hydrogen-bond acceptors (Lipinski definition) is 3. The third-order valence-electron chi connectivity index (χ3n) is 2.26. The number of nitrogens with one attached hydrogen (secondary N) is 1. The van der Waals surface area contributed by atoms with Crippen LogP contribution in [0.5, 0.6) is 0 Å². The largest absolute Gasteiger partial charge is 0.397 e. The first kappa shape index (κ1) is 9.86. The van der Waals surface area contributed by atoms with Gasteiger partial charge in [-0.3, -0.25) is 5.84 Å². The number of nitrogens with two attached hydrogens (primary N) is 2. The van der Waals surface area contributed by atoms with Crippen molar-refractivity contribution in [2.45, 2.75) is 26.7 Å². The van der Waals surface area contributed by atoms with Crippen molar-refractivity contribution in [3.8, 4) is 0 Å². The Morgan fingerprint density at radius 1 is 1.31 bits per heavy atom. The van der Waals surface area contributed by atoms with Gasteiger partial charge in [0.05, 0.1) is 11.4 Å². The molecule has 0 amide bonds. The monoisotopic (exact) mass is 179 g/mol. The Bertz CT molecular complexity index is 305. The van der Waals surface area contributed by atoms with Gasteiger partial charge in [0.1, 0.15) is 0 Å². The van der Waals surface area contributed by atoms with Crippen LogP contribution in [-0.4, -0.2) is 0 Å². The molecule has 0 heterocycles. The molecule has 0 aromatic heterocycles. The topological polar surface area (TPSA) is 64.1 Å². The molecule has 72 valence electrons. The minimum absolute atomic E-state index is 0.425. The van der Waals surface area contributed by atoms with Gasteiger partial charge in [-0.05, 0) is 24.0 Å². The van der Waals surface area contributed by atoms with Crippen LogP contribution in [0.2, 0.25) is 0 Å². The summed E-state index contributed by atoms with van der Waals surface area (Å²) in [7, 11) is 0. The fourth-order valence-electron chi connectivity index (χ4n) is 1.38. The Balaban J connectivity index is 3.30. The SMILES string of the molecule is Cc1ccc(C(C)C)c(NN)c1N. The number of hydrazine groups is 1. The van der Waals surface area contributed by atoms with Crippen molar-refractivity contribution in [3.05, 3.63) is 23.3 Å². The molecule has 0 bridgehead atoms. The lowest BCUT2D eigenvalue weighted by atomic mass is 9.98. The minimum Gasteiger partial charge on any atom is -0.397 e. The van der Waals surface area contributed by atoms with E-state index in [1.165, 1.54) is 0 Å². The zero-order chi connectivity index (χ0) is 10.0. The van der Waals surface area contributed by atoms with E-state index in [9.17, 15) is 0 Å². The second-order valence-electron chi connectivity index (χ2n) is 3.56. The fourth-order valence-corrected chi connectivity index (χ4v) is 1.38. The minimum atomic E-state index is 0.425. The summed E-state index contributed by atoms with van der Waals surface area (Å²) in [6, 6.07) is 4.08. The molecule has 0 unspecified atom stereocenters. The maximum Gasteiger partial charge on any atom is 0.0753 e. The smallest absolute Gasteiger partial charge is 0.0753 e. The Hall–Kier alpha value is -1.22. The second-order valence-corrected chi connectivity index (χ2v) is 3.56. The second kappa shape index (κ2) is 3.66. The van der Waals surface area contributed by atoms with E-state index in [1.54, 1.807) is 0 Å². The van der Waals surface area contributed by atoms with Gasteiger partial charge in [0.2, 0.25) is 0 Å². The van der Waals surface area contributed by atoms with Gasteiger partial charge in [-0.1, -0.05) is 26.0 Å². The number of aryl methyl sites for hydroxylation is 1. The zero-order valence-electron chi connectivity index (χ0n) is 8.39. The summed E-state index contributed by atoms with van der Waals surface area (Å²) in [5.74, 6) is 5.85. The van der Waals surface area contributed by atoms with Crippen LogP contribution in [0.1, 0.15) is 30.9 Å². The summed E-state index contributed by atoms with van der Waals surface area (Å²) in [5, 5.41) is 0. The van der Waals surface area contributed by atoms with Crippen LogP contribution >= 0.6 is 0 Å². The zero-order valence-corrected chi connectivity index (χ0v) is 8.39. The molecule has 0 aliphatic carbocycles. The van der Waals surface area contributed by atoms with E-state index in [0.29, 0.717) is 5.92 Å². The highest BCUT2D eigenvalue weighted by atomic mass is 15.2. The van der Waals surface area contributed by atoms with Crippen LogP contribution in [-0.2, 0) is 0 Å². The van der Waals surface area contributed by atoms with Gasteiger partial charge in [-0.15, -0.1) is 0 Å². The quantitative estimate of drug-likeness (QED) is 0.369. The third kappa shape index (κ3) is 1.75. The summed E-state index contributed by atoms with van der Waals surface area (Å²) in [6.45, 7) is 6.20. The van der Waals surface area contributed by atoms with Gasteiger partial charge < -0.3 is 11.2 Å². The molecule has 0 spiro atoms. The van der Waals surface area contributed by atoms with Crippen LogP contribution in [0.4, 0.5) is 11.4 Å². The molecule has 13 heavy (non-hydrogen) atoms. The molecule has 1 aromatic carbocycles. The molecule has 0 radical (unpaired) electrons. The number of hydrogen-bond donors (Lipinski definition) is 3. The predicted octanol–water partition coefficient (Wildman–Crippen LogP) is 1.99. The van der Waals surface area contributed by atoms with E-state index < -0.39 is 0 Å². The van der Waals surface area contributed by atoms with E-state index in [-0.39, 0.29) is 0 Å². The van der Waals surface area contributed by atoms with E-state index >= 15 is 0 Å². The lowest BCUT2D eigenvalue weighted by Gasteiger charge is -2.15. The van der Waals surface area contributed by atoms with Crippen molar-refractivity contribution in [1.29, 1.82) is 0 Å². The lowest BCUT2D eigenvalue weighted by Crippen LogP contribution is -2.13. The third-order valence-corrected chi connectivity index (χ3v) is 2.26. The summed E-state index contributed by atoms with van der Waals surface area (Å²) in [6.07, 6.45) is 0. The highest BCUT2D eigenvalue weighted by Crippen LogP contribution is 2.31. The average molecular weight is 179 g/mol. The first-order valence-electron chi connectivity index (χ1n) is 4.43. The fraction of sp³-hybridized carbons (Fsp3) is 0.400. The maximum atomic E-state index is 5.89. The van der Waals surface area contributed by atoms with Crippen LogP contribution in [0.3, 0.4) is 0 Å². The molecule has 3 heteroatoms. The molecule has 1 rings (SSSR count). The van der Waals surface area contributed by atoms with E-state index in [2.05, 4.69) is 25.3 Å². The van der Waals surface area contributed by atoms with Crippen molar-refractivity contribution < 1.29 is 0 Å². The van der Waals surface area contributed by atoms with Gasteiger partial charge in [0.15, 0.2) is 0 Å². The average Bonchev–Trinajstić information content (AvgIpc) is 2.09. The van der Waals surface area contributed by atoms with Crippen molar-refractivity contribution in [3.63, 3.8) is 0 Å². The summed E-state index contributed by atoms with van der Waals surface area (Å²) >= 11 is 0. The van der Waals surface area contributed by atoms with Crippen LogP contribution in [0, 0.1) is 6.92 Å². The standard InChI is InChI=1S/C10H17N3/c1-6(2)8-5-4-7(3)9(11)10(8)13-12/h4-6,13H,11-12H2,1-3H3. The van der Waals surface area contributed by atoms with Gasteiger partial charge in [0.25, 0.3) is 0 Å². The van der Waals surface area contributed by atoms with E-state index in [0.717, 1.165) is 22.5 Å². The van der Waals surface area contributed by atoms with Gasteiger partial charge in [0, 0.05) is 0 Å². The Morgan fingerprint density at radius 3 is 2.38 bits per heavy atom. The molecule has 1 aromatic rings. The van der Waals surface area contributed by atoms with Crippen molar-refractivity contribution in [1.82, 2.24) is 0 Å². The van der Waals surface area contributed by atoms with Crippen LogP contribution in [0.25, 0.3) is 0 Å². The Morgan fingerprint density at radius 2 is 1.92 bits per heavy atom. The molecule has 5 N–H and O–H groups in total. The van der Waals surface area contributed by atoms with Crippen molar-refractivity contribution in [2.24, 2.45) is 5.84 Å². The summed E-state index contributed by atoms with van der Waals surface area (Å²) in [4.78, 5) is 0. The summed E-state index contributed by atoms with van der Waals surface area (Å²) < 4.78 is 0. The molecule has 0 saturated heterocycles. The van der Waals surface area contributed by atoms with E-state index in [1.807, 2.05) is 13.0 Å². The molecule has 0 aliphatic heterocycles. The van der Waals surface area contributed by atoms with Gasteiger partial charge >= 0.3 is 0 Å². The number of nitrogen functional groups attached to an aromatic ring is 2. The highest BCUT2D eigenvalue weighted by molar-refractivity contribution is 5.73. The number of anilines is 2. The van der Waals surface area contributed by atoms with Gasteiger partial charge in [-0.2, -0.15) is 0 Å². The lowest BCUT2D eigenvalue weighted by molar-refractivity contribution is 0.867. The molecule has 0 fully saturated rings. The molecule has 0 aliphatic rings. The molecule has 0 atom stereocenters. The van der Waals surface area contributed by atoms with Crippen LogP contribution < -0.4 is 17.0 Å². The summed E-state index contributed by atoms with van der Waals surface area (Å²) in [5.41, 5.74) is 12.4. The molecular formula is C10H17N3. The highest BCUT2D eigenvalue weighted by Gasteiger charge is 2.09. The number of benzene rings is 1. The van der Waals surface area contributed by atoms with Gasteiger partial charge in [-0.25, -0.2) is 0 Å². The molecular weight excluding hydrogens is 162 g/mol. The van der Waals surface area contributed by atoms with Crippen molar-refractivity contribution in [2.75, 3.05) is 11.2 Å². The van der Waals surface area contributed by atoms with E-state index in [4.69, 9.17) is 11.6 Å². The van der Waals surface area contributed by atoms with Crippen molar-refractivity contribution >= 4 is 11.4 Å². The van der Waals surface area contributed by atoms with Crippen LogP contribution in [0.15, 0.2) is 12.1 Å². The molecule has 3 nitrogen and oxygen atoms in total. The Labute approximate surface area is 79.1 Å².